The van der Waals surface area contributed by atoms with Gasteiger partial charge in [-0.1, -0.05) is 30.3 Å². The summed E-state index contributed by atoms with van der Waals surface area (Å²) in [6.45, 7) is 5.14. The zero-order valence-electron chi connectivity index (χ0n) is 27.4. The number of nitrogen functional groups attached to an aromatic ring is 1. The van der Waals surface area contributed by atoms with Gasteiger partial charge in [0.15, 0.2) is 0 Å². The Morgan fingerprint density at radius 3 is 1.08 bits per heavy atom. The fourth-order valence-corrected chi connectivity index (χ4v) is 4.17. The third-order valence-corrected chi connectivity index (χ3v) is 6.29. The van der Waals surface area contributed by atoms with Gasteiger partial charge in [-0.25, -0.2) is 29.7 Å². The first-order valence-electron chi connectivity index (χ1n) is 15.2. The van der Waals surface area contributed by atoms with Crippen molar-refractivity contribution in [3.05, 3.63) is 114 Å². The van der Waals surface area contributed by atoms with E-state index in [1.165, 1.54) is 72.8 Å². The molecule has 0 aromatic carbocycles. The first-order valence-corrected chi connectivity index (χ1v) is 15.2. The largest absolute Gasteiger partial charge is 0.444 e. The van der Waals surface area contributed by atoms with E-state index in [2.05, 4.69) is 51.5 Å². The van der Waals surface area contributed by atoms with Crippen LogP contribution < -0.4 is 32.3 Å². The Morgan fingerprint density at radius 2 is 0.765 bits per heavy atom. The van der Waals surface area contributed by atoms with Crippen LogP contribution in [0.15, 0.2) is 91.0 Å². The zero-order valence-corrected chi connectivity index (χ0v) is 27.4. The molecule has 7 N–H and O–H groups in total. The molecule has 0 aliphatic carbocycles. The normalized spacial score (nSPS) is 10.7. The molecule has 258 valence electrons. The predicted octanol–water partition coefficient (Wildman–Crippen LogP) is 4.60. The van der Waals surface area contributed by atoms with E-state index in [0.717, 1.165) is 0 Å². The molecule has 0 saturated carbocycles. The van der Waals surface area contributed by atoms with Crippen LogP contribution in [0, 0.1) is 0 Å². The Hall–Kier alpha value is -7.30. The number of anilines is 6. The van der Waals surface area contributed by atoms with Crippen LogP contribution in [-0.2, 0) is 4.74 Å². The van der Waals surface area contributed by atoms with Crippen molar-refractivity contribution in [3.8, 4) is 0 Å². The van der Waals surface area contributed by atoms with Crippen LogP contribution in [0.1, 0.15) is 62.7 Å². The summed E-state index contributed by atoms with van der Waals surface area (Å²) in [6.07, 6.45) is -0.731. The third kappa shape index (κ3) is 10.1. The monoisotopic (exact) mass is 689 g/mol. The summed E-state index contributed by atoms with van der Waals surface area (Å²) in [4.78, 5) is 84.4. The minimum Gasteiger partial charge on any atom is -0.444 e. The van der Waals surface area contributed by atoms with Crippen molar-refractivity contribution in [2.24, 2.45) is 0 Å². The fraction of sp³-hybridized carbons (Fsp3) is 0.118. The number of amides is 5. The summed E-state index contributed by atoms with van der Waals surface area (Å²) >= 11 is 0. The summed E-state index contributed by atoms with van der Waals surface area (Å²) in [7, 11) is 0. The topological polar surface area (TPSA) is 245 Å². The highest BCUT2D eigenvalue weighted by atomic mass is 16.6. The van der Waals surface area contributed by atoms with Crippen molar-refractivity contribution in [3.63, 3.8) is 0 Å². The van der Waals surface area contributed by atoms with Crippen LogP contribution in [0.25, 0.3) is 0 Å². The van der Waals surface area contributed by atoms with E-state index in [4.69, 9.17) is 10.5 Å². The van der Waals surface area contributed by atoms with Gasteiger partial charge in [0, 0.05) is 0 Å². The molecule has 0 saturated heterocycles. The van der Waals surface area contributed by atoms with Crippen molar-refractivity contribution in [1.82, 2.24) is 24.9 Å². The summed E-state index contributed by atoms with van der Waals surface area (Å²) < 4.78 is 5.21. The Kier molecular flexibility index (Phi) is 10.5. The van der Waals surface area contributed by atoms with Gasteiger partial charge in [0.05, 0.1) is 0 Å². The Labute approximate surface area is 290 Å². The van der Waals surface area contributed by atoms with Crippen molar-refractivity contribution in [2.75, 3.05) is 32.3 Å². The molecule has 5 aromatic heterocycles. The second kappa shape index (κ2) is 15.3. The predicted molar refractivity (Wildman–Crippen MR) is 187 cm³/mol. The molecule has 17 nitrogen and oxygen atoms in total. The molecule has 0 fully saturated rings. The summed E-state index contributed by atoms with van der Waals surface area (Å²) in [6, 6.07) is 22.5. The highest BCUT2D eigenvalue weighted by Crippen LogP contribution is 2.15. The molecule has 0 aliphatic rings. The number of pyridine rings is 5. The molecule has 5 heterocycles. The molecule has 0 radical (unpaired) electrons. The third-order valence-electron chi connectivity index (χ3n) is 6.29. The van der Waals surface area contributed by atoms with Gasteiger partial charge in [-0.2, -0.15) is 0 Å². The molecule has 0 aliphatic heterocycles. The van der Waals surface area contributed by atoms with Crippen molar-refractivity contribution >= 4 is 64.6 Å². The number of nitrogens with two attached hydrogens (primary N) is 1. The standard InChI is InChI=1S/C34H31N11O6/c1-34(2,3)51-33(50)45-27-17-7-12-22(39-27)31(48)43-25-15-5-10-20(37-25)29(46)41-24-14-4-9-19(36-24)30(47)42-26-16-6-11-21(38-26)32(49)44-28-18-8-13-23(35)40-28/h4-18H,1-3H3,(H,36,41,46)(H,37,43,48)(H,38,42,47)(H,39,45,50)(H3,35,40,44,49). The Balaban J connectivity index is 1.19. The summed E-state index contributed by atoms with van der Waals surface area (Å²) in [5.74, 6) is -1.81. The van der Waals surface area contributed by atoms with Crippen molar-refractivity contribution < 1.29 is 28.7 Å². The molecule has 17 heteroatoms. The average molecular weight is 690 g/mol. The number of ether oxygens (including phenoxy) is 1. The zero-order chi connectivity index (χ0) is 36.5. The minimum absolute atomic E-state index is 0.0110. The van der Waals surface area contributed by atoms with Gasteiger partial charge in [0.2, 0.25) is 0 Å². The number of rotatable bonds is 9. The maximum absolute atomic E-state index is 13.0. The van der Waals surface area contributed by atoms with E-state index in [1.807, 2.05) is 0 Å². The van der Waals surface area contributed by atoms with E-state index >= 15 is 0 Å². The number of nitrogens with zero attached hydrogens (tertiary/aromatic N) is 5. The van der Waals surface area contributed by atoms with E-state index in [1.54, 1.807) is 39.0 Å². The van der Waals surface area contributed by atoms with Crippen LogP contribution in [0.5, 0.6) is 0 Å². The lowest BCUT2D eigenvalue weighted by atomic mass is 10.2. The first kappa shape index (κ1) is 35.0. The van der Waals surface area contributed by atoms with Gasteiger partial charge < -0.3 is 31.7 Å². The molecule has 5 aromatic rings. The van der Waals surface area contributed by atoms with Gasteiger partial charge in [-0.15, -0.1) is 0 Å². The second-order valence-electron chi connectivity index (χ2n) is 11.5. The average Bonchev–Trinajstić information content (AvgIpc) is 3.08. The van der Waals surface area contributed by atoms with Crippen molar-refractivity contribution in [1.29, 1.82) is 0 Å². The lowest BCUT2D eigenvalue weighted by Gasteiger charge is -2.19. The number of carbonyl (C=O) groups excluding carboxylic acids is 5. The highest BCUT2D eigenvalue weighted by Gasteiger charge is 2.19. The van der Waals surface area contributed by atoms with Gasteiger partial charge in [-0.05, 0) is 81.4 Å². The molecular weight excluding hydrogens is 658 g/mol. The van der Waals surface area contributed by atoms with E-state index < -0.39 is 35.3 Å². The number of carbonyl (C=O) groups is 5. The minimum atomic E-state index is -0.731. The maximum Gasteiger partial charge on any atom is 0.413 e. The van der Waals surface area contributed by atoms with Crippen molar-refractivity contribution in [2.45, 2.75) is 26.4 Å². The molecule has 0 atom stereocenters. The van der Waals surface area contributed by atoms with Crippen LogP contribution >= 0.6 is 0 Å². The number of hydrogen-bond acceptors (Lipinski definition) is 12. The van der Waals surface area contributed by atoms with Crippen LogP contribution in [0.4, 0.5) is 39.7 Å². The van der Waals surface area contributed by atoms with E-state index in [-0.39, 0.29) is 57.7 Å². The quantitative estimate of drug-likeness (QED) is 0.124. The Bertz CT molecular complexity index is 2130. The second-order valence-corrected chi connectivity index (χ2v) is 11.5. The fourth-order valence-electron chi connectivity index (χ4n) is 4.17. The Morgan fingerprint density at radius 1 is 0.471 bits per heavy atom. The van der Waals surface area contributed by atoms with Crippen LogP contribution in [-0.4, -0.2) is 60.2 Å². The maximum atomic E-state index is 13.0. The van der Waals surface area contributed by atoms with Gasteiger partial charge >= 0.3 is 6.09 Å². The molecular formula is C34H31N11O6. The molecule has 51 heavy (non-hydrogen) atoms. The molecule has 0 unspecified atom stereocenters. The van der Waals surface area contributed by atoms with Crippen LogP contribution in [0.3, 0.4) is 0 Å². The van der Waals surface area contributed by atoms with E-state index in [0.29, 0.717) is 0 Å². The highest BCUT2D eigenvalue weighted by molar-refractivity contribution is 6.06. The van der Waals surface area contributed by atoms with Gasteiger partial charge in [0.25, 0.3) is 23.6 Å². The SMILES string of the molecule is CC(C)(C)OC(=O)Nc1cccc(C(=O)Nc2cccc(C(=O)Nc3cccc(C(=O)Nc4cccc(C(=O)Nc5cccc(N)n5)n4)n3)n2)n1. The van der Waals surface area contributed by atoms with Crippen LogP contribution in [0.2, 0.25) is 0 Å². The lowest BCUT2D eigenvalue weighted by molar-refractivity contribution is 0.0634. The number of hydrogen-bond donors (Lipinski definition) is 6. The number of nitrogens with one attached hydrogen (secondary N) is 5. The molecule has 5 rings (SSSR count). The van der Waals surface area contributed by atoms with E-state index in [9.17, 15) is 24.0 Å². The molecule has 5 amide bonds. The summed E-state index contributed by atoms with van der Waals surface area (Å²) in [5.41, 5.74) is 4.79. The van der Waals surface area contributed by atoms with Gasteiger partial charge in [-0.3, -0.25) is 24.5 Å². The first-order chi connectivity index (χ1) is 24.3. The molecule has 0 spiro atoms. The number of aromatic nitrogens is 5. The summed E-state index contributed by atoms with van der Waals surface area (Å²) in [5, 5.41) is 12.8. The smallest absolute Gasteiger partial charge is 0.413 e. The molecule has 0 bridgehead atoms. The lowest BCUT2D eigenvalue weighted by Crippen LogP contribution is -2.27. The van der Waals surface area contributed by atoms with Gasteiger partial charge in [0.1, 0.15) is 63.3 Å².